The van der Waals surface area contributed by atoms with Gasteiger partial charge in [-0.3, -0.25) is 9.59 Å². The molecule has 1 atom stereocenters. The number of primary amides is 1. The lowest BCUT2D eigenvalue weighted by Gasteiger charge is -2.29. The molecule has 1 aliphatic rings. The molecule has 0 radical (unpaired) electrons. The summed E-state index contributed by atoms with van der Waals surface area (Å²) >= 11 is 0. The number of rotatable bonds is 8. The molecule has 1 saturated heterocycles. The average Bonchev–Trinajstić information content (AvgIpc) is 2.83. The molecule has 4 rings (SSSR count). The third-order valence-corrected chi connectivity index (χ3v) is 6.48. The highest BCUT2D eigenvalue weighted by molar-refractivity contribution is 5.83. The van der Waals surface area contributed by atoms with Crippen LogP contribution < -0.4 is 25.5 Å². The number of aryl methyl sites for hydroxylation is 1. The van der Waals surface area contributed by atoms with Gasteiger partial charge in [-0.15, -0.1) is 0 Å². The third-order valence-electron chi connectivity index (χ3n) is 6.48. The van der Waals surface area contributed by atoms with Crippen LogP contribution in [0.4, 0.5) is 0 Å². The fraction of sp³-hybridized carbons (Fsp3) is 0.385. The Bertz CT molecular complexity index is 1210. The van der Waals surface area contributed by atoms with E-state index in [-0.39, 0.29) is 23.9 Å². The highest BCUT2D eigenvalue weighted by Gasteiger charge is 2.27. The molecule has 4 N–H and O–H groups in total. The summed E-state index contributed by atoms with van der Waals surface area (Å²) < 4.78 is 16.9. The summed E-state index contributed by atoms with van der Waals surface area (Å²) in [6, 6.07) is 12.4. The number of hydrogen-bond donors (Lipinski definition) is 3. The molecule has 2 heterocycles. The summed E-state index contributed by atoms with van der Waals surface area (Å²) in [5.41, 5.74) is 6.99. The van der Waals surface area contributed by atoms with E-state index in [2.05, 4.69) is 0 Å². The minimum atomic E-state index is -0.651. The maximum absolute atomic E-state index is 13.2. The Morgan fingerprint density at radius 1 is 1.18 bits per heavy atom. The SMILES string of the molecule is COc1ccc(-c2c(C)oc3cc(OC[C@H](O)C[NH+]4CCC(C(N)=O)CC4)ccc3c2=O)cc1. The molecule has 1 aromatic heterocycles. The molecule has 8 nitrogen and oxygen atoms in total. The fourth-order valence-electron chi connectivity index (χ4n) is 4.57. The van der Waals surface area contributed by atoms with E-state index >= 15 is 0 Å². The summed E-state index contributed by atoms with van der Waals surface area (Å²) in [6.07, 6.45) is 0.849. The van der Waals surface area contributed by atoms with Crippen LogP contribution in [0, 0.1) is 12.8 Å². The number of carbonyl (C=O) groups excluding carboxylic acids is 1. The number of aliphatic hydroxyl groups excluding tert-OH is 1. The Labute approximate surface area is 197 Å². The van der Waals surface area contributed by atoms with Crippen LogP contribution in [0.15, 0.2) is 51.7 Å². The number of amides is 1. The molecule has 0 unspecified atom stereocenters. The van der Waals surface area contributed by atoms with Crippen LogP contribution in [0.1, 0.15) is 18.6 Å². The normalized spacial score (nSPS) is 19.0. The zero-order chi connectivity index (χ0) is 24.2. The first-order valence-corrected chi connectivity index (χ1v) is 11.5. The quantitative estimate of drug-likeness (QED) is 0.460. The van der Waals surface area contributed by atoms with Crippen LogP contribution in [-0.2, 0) is 4.79 Å². The maximum atomic E-state index is 13.2. The van der Waals surface area contributed by atoms with Gasteiger partial charge in [0.25, 0.3) is 0 Å². The van der Waals surface area contributed by atoms with E-state index < -0.39 is 6.10 Å². The van der Waals surface area contributed by atoms with E-state index in [9.17, 15) is 14.7 Å². The minimum absolute atomic E-state index is 0.0573. The van der Waals surface area contributed by atoms with Crippen molar-refractivity contribution in [2.75, 3.05) is 33.4 Å². The van der Waals surface area contributed by atoms with Gasteiger partial charge in [-0.1, -0.05) is 12.1 Å². The second-order valence-corrected chi connectivity index (χ2v) is 8.84. The van der Waals surface area contributed by atoms with Gasteiger partial charge in [0.2, 0.25) is 11.3 Å². The van der Waals surface area contributed by atoms with E-state index in [1.54, 1.807) is 32.2 Å². The van der Waals surface area contributed by atoms with Crippen LogP contribution >= 0.6 is 0 Å². The number of hydrogen-bond acceptors (Lipinski definition) is 6. The van der Waals surface area contributed by atoms with Crippen LogP contribution in [0.3, 0.4) is 0 Å². The number of benzene rings is 2. The van der Waals surface area contributed by atoms with Crippen molar-refractivity contribution in [3.05, 3.63) is 58.4 Å². The van der Waals surface area contributed by atoms with E-state index in [0.717, 1.165) is 31.5 Å². The van der Waals surface area contributed by atoms with Gasteiger partial charge < -0.3 is 29.6 Å². The third kappa shape index (κ3) is 5.24. The average molecular weight is 468 g/mol. The highest BCUT2D eigenvalue weighted by Crippen LogP contribution is 2.27. The number of nitrogens with two attached hydrogens (primary N) is 1. The van der Waals surface area contributed by atoms with Crippen molar-refractivity contribution >= 4 is 16.9 Å². The summed E-state index contributed by atoms with van der Waals surface area (Å²) in [4.78, 5) is 25.7. The molecule has 2 aromatic carbocycles. The maximum Gasteiger partial charge on any atom is 0.220 e. The lowest BCUT2D eigenvalue weighted by Crippen LogP contribution is -3.14. The van der Waals surface area contributed by atoms with Gasteiger partial charge in [-0.2, -0.15) is 0 Å². The van der Waals surface area contributed by atoms with Crippen LogP contribution in [-0.4, -0.2) is 50.5 Å². The van der Waals surface area contributed by atoms with Crippen molar-refractivity contribution in [3.63, 3.8) is 0 Å². The largest absolute Gasteiger partial charge is 0.497 e. The summed E-state index contributed by atoms with van der Waals surface area (Å²) in [5.74, 6) is 1.46. The van der Waals surface area contributed by atoms with Crippen molar-refractivity contribution in [1.29, 1.82) is 0 Å². The lowest BCUT2D eigenvalue weighted by molar-refractivity contribution is -0.908. The molecular formula is C26H31N2O6+. The first-order valence-electron chi connectivity index (χ1n) is 11.5. The van der Waals surface area contributed by atoms with E-state index in [4.69, 9.17) is 19.6 Å². The molecule has 0 saturated carbocycles. The highest BCUT2D eigenvalue weighted by atomic mass is 16.5. The van der Waals surface area contributed by atoms with Gasteiger partial charge in [0, 0.05) is 24.8 Å². The number of fused-ring (bicyclic) bond motifs is 1. The van der Waals surface area contributed by atoms with Gasteiger partial charge >= 0.3 is 0 Å². The van der Waals surface area contributed by atoms with Crippen molar-refractivity contribution in [2.24, 2.45) is 11.7 Å². The van der Waals surface area contributed by atoms with Gasteiger partial charge in [0.1, 0.15) is 42.1 Å². The summed E-state index contributed by atoms with van der Waals surface area (Å²) in [7, 11) is 1.60. The molecule has 180 valence electrons. The summed E-state index contributed by atoms with van der Waals surface area (Å²) in [6.45, 7) is 4.05. The smallest absolute Gasteiger partial charge is 0.220 e. The first kappa shape index (κ1) is 23.8. The standard InChI is InChI=1S/C26H30N2O6/c1-16-24(17-3-5-20(32-2)6-4-17)25(30)22-8-7-21(13-23(22)34-16)33-15-19(29)14-28-11-9-18(10-12-28)26(27)31/h3-8,13,18-19,29H,9-12,14-15H2,1-2H3,(H2,27,31)/p+1/t19-/m1/s1. The minimum Gasteiger partial charge on any atom is -0.497 e. The molecule has 34 heavy (non-hydrogen) atoms. The number of ether oxygens (including phenoxy) is 2. The number of quaternary nitrogens is 1. The second-order valence-electron chi connectivity index (χ2n) is 8.84. The Hall–Kier alpha value is -3.36. The Kier molecular flexibility index (Phi) is 7.19. The Balaban J connectivity index is 1.42. The molecule has 0 spiro atoms. The zero-order valence-electron chi connectivity index (χ0n) is 19.5. The Morgan fingerprint density at radius 3 is 2.50 bits per heavy atom. The number of aliphatic hydroxyl groups is 1. The predicted octanol–water partition coefficient (Wildman–Crippen LogP) is 1.30. The monoisotopic (exact) mass is 467 g/mol. The molecule has 0 aliphatic carbocycles. The zero-order valence-corrected chi connectivity index (χ0v) is 19.5. The van der Waals surface area contributed by atoms with Crippen LogP contribution in [0.25, 0.3) is 22.1 Å². The molecule has 3 aromatic rings. The molecule has 1 amide bonds. The molecule has 0 bridgehead atoms. The van der Waals surface area contributed by atoms with Gasteiger partial charge in [-0.05, 0) is 36.8 Å². The van der Waals surface area contributed by atoms with Gasteiger partial charge in [0.05, 0.1) is 31.1 Å². The van der Waals surface area contributed by atoms with Gasteiger partial charge in [-0.25, -0.2) is 0 Å². The van der Waals surface area contributed by atoms with Crippen molar-refractivity contribution in [2.45, 2.75) is 25.9 Å². The van der Waals surface area contributed by atoms with Crippen molar-refractivity contribution in [3.8, 4) is 22.6 Å². The fourth-order valence-corrected chi connectivity index (χ4v) is 4.57. The molecule has 1 aliphatic heterocycles. The number of piperidine rings is 1. The first-order chi connectivity index (χ1) is 16.4. The Morgan fingerprint density at radius 2 is 1.85 bits per heavy atom. The van der Waals surface area contributed by atoms with E-state index in [0.29, 0.717) is 40.3 Å². The molecular weight excluding hydrogens is 436 g/mol. The number of likely N-dealkylation sites (tertiary alicyclic amines) is 1. The topological polar surface area (TPSA) is 116 Å². The number of carbonyl (C=O) groups is 1. The number of methoxy groups -OCH3 is 1. The molecule has 1 fully saturated rings. The van der Waals surface area contributed by atoms with Crippen molar-refractivity contribution in [1.82, 2.24) is 0 Å². The predicted molar refractivity (Wildman–Crippen MR) is 128 cm³/mol. The second kappa shape index (κ2) is 10.3. The van der Waals surface area contributed by atoms with Gasteiger partial charge in [0.15, 0.2) is 0 Å². The summed E-state index contributed by atoms with van der Waals surface area (Å²) in [5, 5.41) is 10.9. The lowest BCUT2D eigenvalue weighted by atomic mass is 9.96. The van der Waals surface area contributed by atoms with Crippen molar-refractivity contribution < 1.29 is 28.7 Å². The van der Waals surface area contributed by atoms with Crippen LogP contribution in [0.5, 0.6) is 11.5 Å². The van der Waals surface area contributed by atoms with Crippen LogP contribution in [0.2, 0.25) is 0 Å². The molecule has 8 heteroatoms. The van der Waals surface area contributed by atoms with E-state index in [1.807, 2.05) is 24.3 Å². The van der Waals surface area contributed by atoms with E-state index in [1.165, 1.54) is 4.90 Å². The number of nitrogens with one attached hydrogen (secondary N) is 1.